The molecule has 8 heteroatoms. The van der Waals surface area contributed by atoms with E-state index < -0.39 is 10.8 Å². The van der Waals surface area contributed by atoms with Crippen LogP contribution in [0.5, 0.6) is 5.75 Å². The van der Waals surface area contributed by atoms with Crippen molar-refractivity contribution in [2.24, 2.45) is 0 Å². The lowest BCUT2D eigenvalue weighted by Crippen LogP contribution is -2.13. The van der Waals surface area contributed by atoms with Gasteiger partial charge in [-0.25, -0.2) is 0 Å². The number of hydrogen-bond donors (Lipinski definition) is 1. The second-order valence-corrected chi connectivity index (χ2v) is 7.75. The number of benzene rings is 3. The van der Waals surface area contributed by atoms with E-state index in [0.717, 1.165) is 5.56 Å². The van der Waals surface area contributed by atoms with E-state index in [1.807, 2.05) is 37.3 Å². The molecule has 1 amide bonds. The van der Waals surface area contributed by atoms with Crippen LogP contribution in [0.4, 0.5) is 11.4 Å². The molecule has 0 atom stereocenters. The topological polar surface area (TPSA) is 105 Å². The number of nitrogens with one attached hydrogen (secondary N) is 1. The Bertz CT molecular complexity index is 1230. The monoisotopic (exact) mass is 491 g/mol. The highest BCUT2D eigenvalue weighted by atomic mass is 79.9. The van der Waals surface area contributed by atoms with Crippen LogP contribution in [0, 0.1) is 28.4 Å². The van der Waals surface area contributed by atoms with Crippen molar-refractivity contribution in [3.05, 3.63) is 104 Å². The summed E-state index contributed by atoms with van der Waals surface area (Å²) in [5.74, 6) is -0.0360. The number of rotatable bonds is 7. The standard InChI is InChI=1S/C24H18BrN3O4/c1-16-5-7-17(8-6-16)15-32-23-10-9-18(12-22(23)25)11-19(14-26)24(29)27-20-3-2-4-21(13-20)28(30)31/h2-13H,15H2,1H3,(H,27,29)/b19-11+. The molecular formula is C24H18BrN3O4. The normalized spacial score (nSPS) is 10.8. The molecule has 0 saturated heterocycles. The molecule has 7 nitrogen and oxygen atoms in total. The third-order valence-electron chi connectivity index (χ3n) is 4.46. The fourth-order valence-corrected chi connectivity index (χ4v) is 3.29. The van der Waals surface area contributed by atoms with E-state index in [1.54, 1.807) is 18.2 Å². The largest absolute Gasteiger partial charge is 0.488 e. The van der Waals surface area contributed by atoms with Crippen LogP contribution >= 0.6 is 15.9 Å². The van der Waals surface area contributed by atoms with Crippen molar-refractivity contribution >= 4 is 39.3 Å². The number of halogens is 1. The molecule has 3 aromatic carbocycles. The Morgan fingerprint density at radius 1 is 1.19 bits per heavy atom. The molecule has 0 radical (unpaired) electrons. The predicted molar refractivity (Wildman–Crippen MR) is 125 cm³/mol. The average molecular weight is 492 g/mol. The number of aryl methyl sites for hydroxylation is 1. The first kappa shape index (κ1) is 22.7. The minimum atomic E-state index is -0.663. The molecule has 0 aliphatic carbocycles. The Hall–Kier alpha value is -3.96. The van der Waals surface area contributed by atoms with Crippen molar-refractivity contribution in [3.8, 4) is 11.8 Å². The number of nitrogens with zero attached hydrogens (tertiary/aromatic N) is 2. The van der Waals surface area contributed by atoms with Gasteiger partial charge >= 0.3 is 0 Å². The Balaban J connectivity index is 1.71. The Morgan fingerprint density at radius 2 is 1.94 bits per heavy atom. The molecule has 3 rings (SSSR count). The zero-order valence-corrected chi connectivity index (χ0v) is 18.6. The van der Waals surface area contributed by atoms with Gasteiger partial charge < -0.3 is 10.1 Å². The summed E-state index contributed by atoms with van der Waals surface area (Å²) in [7, 11) is 0. The maximum atomic E-state index is 12.5. The predicted octanol–water partition coefficient (Wildman–Crippen LogP) is 5.79. The summed E-state index contributed by atoms with van der Waals surface area (Å²) in [6.07, 6.45) is 1.43. The first-order valence-corrected chi connectivity index (χ1v) is 10.3. The third-order valence-corrected chi connectivity index (χ3v) is 5.08. The number of ether oxygens (including phenoxy) is 1. The number of hydrogen-bond acceptors (Lipinski definition) is 5. The molecule has 0 aliphatic heterocycles. The average Bonchev–Trinajstić information content (AvgIpc) is 2.78. The summed E-state index contributed by atoms with van der Waals surface area (Å²) in [6.45, 7) is 2.43. The molecule has 0 heterocycles. The highest BCUT2D eigenvalue weighted by Gasteiger charge is 2.13. The van der Waals surface area contributed by atoms with Crippen molar-refractivity contribution in [1.29, 1.82) is 5.26 Å². The Kier molecular flexibility index (Phi) is 7.37. The van der Waals surface area contributed by atoms with Gasteiger partial charge in [0.05, 0.1) is 9.40 Å². The highest BCUT2D eigenvalue weighted by molar-refractivity contribution is 9.10. The summed E-state index contributed by atoms with van der Waals surface area (Å²) in [5.41, 5.74) is 2.76. The van der Waals surface area contributed by atoms with E-state index in [-0.39, 0.29) is 16.9 Å². The van der Waals surface area contributed by atoms with Crippen LogP contribution in [0.25, 0.3) is 6.08 Å². The molecule has 0 saturated carbocycles. The number of amides is 1. The quantitative estimate of drug-likeness (QED) is 0.195. The lowest BCUT2D eigenvalue weighted by molar-refractivity contribution is -0.384. The van der Waals surface area contributed by atoms with E-state index in [1.165, 1.54) is 35.9 Å². The van der Waals surface area contributed by atoms with Crippen molar-refractivity contribution < 1.29 is 14.5 Å². The van der Waals surface area contributed by atoms with E-state index >= 15 is 0 Å². The molecule has 1 N–H and O–H groups in total. The minimum Gasteiger partial charge on any atom is -0.488 e. The van der Waals surface area contributed by atoms with Gasteiger partial charge in [0.2, 0.25) is 0 Å². The number of nitriles is 1. The van der Waals surface area contributed by atoms with Gasteiger partial charge in [0.25, 0.3) is 11.6 Å². The molecule has 0 fully saturated rings. The third kappa shape index (κ3) is 6.03. The maximum absolute atomic E-state index is 12.5. The second kappa shape index (κ2) is 10.4. The lowest BCUT2D eigenvalue weighted by Gasteiger charge is -2.09. The van der Waals surface area contributed by atoms with Crippen LogP contribution in [0.1, 0.15) is 16.7 Å². The number of anilines is 1. The summed E-state index contributed by atoms with van der Waals surface area (Å²) < 4.78 is 6.51. The van der Waals surface area contributed by atoms with Gasteiger partial charge in [-0.1, -0.05) is 42.0 Å². The smallest absolute Gasteiger partial charge is 0.271 e. The van der Waals surface area contributed by atoms with Crippen LogP contribution in [0.15, 0.2) is 76.8 Å². The first-order valence-electron chi connectivity index (χ1n) is 9.51. The molecule has 32 heavy (non-hydrogen) atoms. The molecule has 160 valence electrons. The van der Waals surface area contributed by atoms with Crippen molar-refractivity contribution in [2.45, 2.75) is 13.5 Å². The van der Waals surface area contributed by atoms with E-state index in [9.17, 15) is 20.2 Å². The van der Waals surface area contributed by atoms with Crippen LogP contribution in [0.2, 0.25) is 0 Å². The van der Waals surface area contributed by atoms with E-state index in [4.69, 9.17) is 4.74 Å². The van der Waals surface area contributed by atoms with Gasteiger partial charge in [-0.15, -0.1) is 0 Å². The van der Waals surface area contributed by atoms with Crippen molar-refractivity contribution in [2.75, 3.05) is 5.32 Å². The SMILES string of the molecule is Cc1ccc(COc2ccc(/C=C(\C#N)C(=O)Nc3cccc([N+](=O)[O-])c3)cc2Br)cc1. The number of non-ortho nitro benzene ring substituents is 1. The molecule has 0 aliphatic rings. The zero-order chi connectivity index (χ0) is 23.1. The fourth-order valence-electron chi connectivity index (χ4n) is 2.78. The van der Waals surface area contributed by atoms with Gasteiger partial charge in [0, 0.05) is 17.8 Å². The van der Waals surface area contributed by atoms with Gasteiger partial charge in [-0.3, -0.25) is 14.9 Å². The summed E-state index contributed by atoms with van der Waals surface area (Å²) in [6, 6.07) is 20.6. The highest BCUT2D eigenvalue weighted by Crippen LogP contribution is 2.28. The molecule has 0 unspecified atom stereocenters. The second-order valence-electron chi connectivity index (χ2n) is 6.90. The van der Waals surface area contributed by atoms with Crippen molar-refractivity contribution in [1.82, 2.24) is 0 Å². The zero-order valence-electron chi connectivity index (χ0n) is 17.0. The van der Waals surface area contributed by atoms with Crippen LogP contribution in [-0.4, -0.2) is 10.8 Å². The summed E-state index contributed by atoms with van der Waals surface area (Å²) >= 11 is 3.45. The molecule has 0 bridgehead atoms. The van der Waals surface area contributed by atoms with Gasteiger partial charge in [-0.2, -0.15) is 5.26 Å². The number of carbonyl (C=O) groups excluding carboxylic acids is 1. The molecule has 0 aromatic heterocycles. The van der Waals surface area contributed by atoms with Crippen LogP contribution in [0.3, 0.4) is 0 Å². The molecule has 0 spiro atoms. The fraction of sp³-hybridized carbons (Fsp3) is 0.0833. The van der Waals surface area contributed by atoms with Crippen molar-refractivity contribution in [3.63, 3.8) is 0 Å². The van der Waals surface area contributed by atoms with Gasteiger partial charge in [-0.05, 0) is 58.3 Å². The first-order chi connectivity index (χ1) is 15.4. The number of nitro groups is 1. The minimum absolute atomic E-state index is 0.142. The van der Waals surface area contributed by atoms with Gasteiger partial charge in [0.1, 0.15) is 24.0 Å². The summed E-state index contributed by atoms with van der Waals surface area (Å²) in [4.78, 5) is 22.8. The van der Waals surface area contributed by atoms with Gasteiger partial charge in [0.15, 0.2) is 0 Å². The van der Waals surface area contributed by atoms with Crippen LogP contribution in [-0.2, 0) is 11.4 Å². The van der Waals surface area contributed by atoms with E-state index in [0.29, 0.717) is 22.4 Å². The number of carbonyl (C=O) groups is 1. The number of nitro benzene ring substituents is 1. The Labute approximate surface area is 193 Å². The maximum Gasteiger partial charge on any atom is 0.271 e. The van der Waals surface area contributed by atoms with E-state index in [2.05, 4.69) is 21.2 Å². The van der Waals surface area contributed by atoms with Crippen LogP contribution < -0.4 is 10.1 Å². The molecule has 3 aromatic rings. The Morgan fingerprint density at radius 3 is 2.59 bits per heavy atom. The lowest BCUT2D eigenvalue weighted by atomic mass is 10.1. The summed E-state index contributed by atoms with van der Waals surface area (Å²) in [5, 5.41) is 22.8. The molecular weight excluding hydrogens is 474 g/mol.